The summed E-state index contributed by atoms with van der Waals surface area (Å²) < 4.78 is 0. The summed E-state index contributed by atoms with van der Waals surface area (Å²) >= 11 is 5.92. The second-order valence-electron chi connectivity index (χ2n) is 4.49. The third-order valence-corrected chi connectivity index (χ3v) is 3.42. The Bertz CT molecular complexity index is 490. The van der Waals surface area contributed by atoms with Gasteiger partial charge in [0.05, 0.1) is 12.5 Å². The topological polar surface area (TPSA) is 49.4 Å². The maximum atomic E-state index is 11.8. The average Bonchev–Trinajstić information content (AvgIpc) is 2.57. The Morgan fingerprint density at radius 3 is 2.72 bits per heavy atom. The number of rotatable bonds is 3. The molecule has 1 aliphatic heterocycles. The van der Waals surface area contributed by atoms with Gasteiger partial charge in [0.1, 0.15) is 0 Å². The summed E-state index contributed by atoms with van der Waals surface area (Å²) in [4.78, 5) is 24.3. The lowest BCUT2D eigenvalue weighted by Gasteiger charge is -2.18. The number of carbonyl (C=O) groups is 2. The number of carbonyl (C=O) groups excluding carboxylic acids is 2. The molecule has 2 atom stereocenters. The van der Waals surface area contributed by atoms with Gasteiger partial charge in [-0.3, -0.25) is 19.8 Å². The average molecular weight is 267 g/mol. The molecule has 1 fully saturated rings. The van der Waals surface area contributed by atoms with Gasteiger partial charge in [0.25, 0.3) is 0 Å². The van der Waals surface area contributed by atoms with Gasteiger partial charge in [-0.2, -0.15) is 0 Å². The van der Waals surface area contributed by atoms with E-state index in [0.29, 0.717) is 5.02 Å². The molecule has 1 aromatic rings. The molecule has 1 aromatic carbocycles. The van der Waals surface area contributed by atoms with Crippen molar-refractivity contribution in [2.24, 2.45) is 0 Å². The van der Waals surface area contributed by atoms with Crippen LogP contribution in [0.4, 0.5) is 0 Å². The molecule has 1 unspecified atom stereocenters. The summed E-state index contributed by atoms with van der Waals surface area (Å²) in [6.45, 7) is 1.95. The van der Waals surface area contributed by atoms with Gasteiger partial charge in [-0.05, 0) is 24.6 Å². The van der Waals surface area contributed by atoms with Crippen molar-refractivity contribution in [2.45, 2.75) is 25.4 Å². The van der Waals surface area contributed by atoms with E-state index in [0.717, 1.165) is 5.56 Å². The number of likely N-dealkylation sites (N-methyl/N-ethyl adjacent to an activating group) is 1. The zero-order valence-corrected chi connectivity index (χ0v) is 11.1. The molecule has 1 N–H and O–H groups in total. The van der Waals surface area contributed by atoms with Crippen LogP contribution < -0.4 is 5.32 Å². The third kappa shape index (κ3) is 2.54. The molecule has 2 rings (SSSR count). The highest BCUT2D eigenvalue weighted by molar-refractivity contribution is 6.30. The van der Waals surface area contributed by atoms with E-state index in [2.05, 4.69) is 5.32 Å². The fourth-order valence-electron chi connectivity index (χ4n) is 2.06. The zero-order valence-electron chi connectivity index (χ0n) is 10.3. The minimum atomic E-state index is -0.434. The Kier molecular flexibility index (Phi) is 3.68. The molecular formula is C13H15ClN2O2. The number of likely N-dealkylation sites (tertiary alicyclic amines) is 1. The van der Waals surface area contributed by atoms with Crippen LogP contribution in [0.3, 0.4) is 0 Å². The second-order valence-corrected chi connectivity index (χ2v) is 4.93. The van der Waals surface area contributed by atoms with Crippen LogP contribution >= 0.6 is 11.6 Å². The molecule has 2 amide bonds. The predicted octanol–water partition coefficient (Wildman–Crippen LogP) is 1.75. The first-order valence-corrected chi connectivity index (χ1v) is 6.18. The van der Waals surface area contributed by atoms with Gasteiger partial charge in [0.2, 0.25) is 11.8 Å². The maximum absolute atomic E-state index is 11.8. The van der Waals surface area contributed by atoms with E-state index in [4.69, 9.17) is 11.6 Å². The maximum Gasteiger partial charge on any atom is 0.246 e. The van der Waals surface area contributed by atoms with Gasteiger partial charge in [-0.25, -0.2) is 0 Å². The number of halogens is 1. The van der Waals surface area contributed by atoms with Gasteiger partial charge < -0.3 is 0 Å². The van der Waals surface area contributed by atoms with Crippen molar-refractivity contribution in [3.05, 3.63) is 34.9 Å². The lowest BCUT2D eigenvalue weighted by molar-refractivity contribution is -0.137. The number of nitrogens with zero attached hydrogens (tertiary/aromatic N) is 1. The van der Waals surface area contributed by atoms with Crippen molar-refractivity contribution < 1.29 is 9.59 Å². The van der Waals surface area contributed by atoms with Crippen LogP contribution in [0, 0.1) is 0 Å². The number of benzene rings is 1. The molecule has 0 bridgehead atoms. The smallest absolute Gasteiger partial charge is 0.246 e. The highest BCUT2D eigenvalue weighted by Crippen LogP contribution is 2.20. The molecule has 0 aliphatic carbocycles. The van der Waals surface area contributed by atoms with Crippen LogP contribution in [0.15, 0.2) is 24.3 Å². The van der Waals surface area contributed by atoms with Crippen molar-refractivity contribution >= 4 is 23.4 Å². The molecule has 18 heavy (non-hydrogen) atoms. The highest BCUT2D eigenvalue weighted by atomic mass is 35.5. The SMILES string of the molecule is C[C@H](NC1CC(=O)N(C)C1=O)c1cccc(Cl)c1. The van der Waals surface area contributed by atoms with Crippen molar-refractivity contribution in [3.63, 3.8) is 0 Å². The van der Waals surface area contributed by atoms with Crippen LogP contribution in [-0.4, -0.2) is 29.8 Å². The lowest BCUT2D eigenvalue weighted by Crippen LogP contribution is -2.38. The van der Waals surface area contributed by atoms with E-state index < -0.39 is 6.04 Å². The van der Waals surface area contributed by atoms with Crippen molar-refractivity contribution in [1.82, 2.24) is 10.2 Å². The Morgan fingerprint density at radius 1 is 1.44 bits per heavy atom. The third-order valence-electron chi connectivity index (χ3n) is 3.18. The van der Waals surface area contributed by atoms with Gasteiger partial charge in [0.15, 0.2) is 0 Å². The number of imide groups is 1. The number of hydrogen-bond donors (Lipinski definition) is 1. The van der Waals surface area contributed by atoms with E-state index in [1.165, 1.54) is 11.9 Å². The number of amides is 2. The van der Waals surface area contributed by atoms with Crippen LogP contribution in [0.25, 0.3) is 0 Å². The van der Waals surface area contributed by atoms with Crippen LogP contribution in [-0.2, 0) is 9.59 Å². The summed E-state index contributed by atoms with van der Waals surface area (Å²) in [7, 11) is 1.51. The molecule has 0 radical (unpaired) electrons. The molecule has 96 valence electrons. The van der Waals surface area contributed by atoms with Gasteiger partial charge in [-0.15, -0.1) is 0 Å². The standard InChI is InChI=1S/C13H15ClN2O2/c1-8(9-4-3-5-10(14)6-9)15-11-7-12(17)16(2)13(11)18/h3-6,8,11,15H,7H2,1-2H3/t8-,11?/m0/s1. The summed E-state index contributed by atoms with van der Waals surface area (Å²) in [5.74, 6) is -0.315. The molecule has 0 spiro atoms. The summed E-state index contributed by atoms with van der Waals surface area (Å²) in [6, 6.07) is 6.99. The van der Waals surface area contributed by atoms with E-state index >= 15 is 0 Å². The molecule has 0 saturated carbocycles. The summed E-state index contributed by atoms with van der Waals surface area (Å²) in [6.07, 6.45) is 0.222. The van der Waals surface area contributed by atoms with Crippen molar-refractivity contribution in [3.8, 4) is 0 Å². The minimum Gasteiger partial charge on any atom is -0.299 e. The summed E-state index contributed by atoms with van der Waals surface area (Å²) in [5, 5.41) is 3.82. The van der Waals surface area contributed by atoms with E-state index in [9.17, 15) is 9.59 Å². The van der Waals surface area contributed by atoms with Crippen LogP contribution in [0.2, 0.25) is 5.02 Å². The van der Waals surface area contributed by atoms with Gasteiger partial charge in [-0.1, -0.05) is 23.7 Å². The highest BCUT2D eigenvalue weighted by Gasteiger charge is 2.36. The molecule has 1 saturated heterocycles. The molecular weight excluding hydrogens is 252 g/mol. The lowest BCUT2D eigenvalue weighted by atomic mass is 10.1. The first-order valence-electron chi connectivity index (χ1n) is 5.81. The fourth-order valence-corrected chi connectivity index (χ4v) is 2.26. The number of hydrogen-bond acceptors (Lipinski definition) is 3. The quantitative estimate of drug-likeness (QED) is 0.848. The molecule has 5 heteroatoms. The Morgan fingerprint density at radius 2 is 2.17 bits per heavy atom. The summed E-state index contributed by atoms with van der Waals surface area (Å²) in [5.41, 5.74) is 0.998. The predicted molar refractivity (Wildman–Crippen MR) is 69.2 cm³/mol. The monoisotopic (exact) mass is 266 g/mol. The van der Waals surface area contributed by atoms with Crippen LogP contribution in [0.5, 0.6) is 0 Å². The van der Waals surface area contributed by atoms with Crippen molar-refractivity contribution in [2.75, 3.05) is 7.05 Å². The molecule has 1 aliphatic rings. The Balaban J connectivity index is 2.06. The number of nitrogens with one attached hydrogen (secondary N) is 1. The Labute approximate surface area is 111 Å². The fraction of sp³-hybridized carbons (Fsp3) is 0.385. The minimum absolute atomic E-state index is 0.0306. The first kappa shape index (κ1) is 13.1. The van der Waals surface area contributed by atoms with E-state index in [-0.39, 0.29) is 24.3 Å². The molecule has 0 aromatic heterocycles. The second kappa shape index (κ2) is 5.08. The molecule has 1 heterocycles. The van der Waals surface area contributed by atoms with Gasteiger partial charge >= 0.3 is 0 Å². The van der Waals surface area contributed by atoms with E-state index in [1.807, 2.05) is 25.1 Å². The molecule has 4 nitrogen and oxygen atoms in total. The normalized spacial score (nSPS) is 21.5. The van der Waals surface area contributed by atoms with Crippen molar-refractivity contribution in [1.29, 1.82) is 0 Å². The Hall–Kier alpha value is -1.39. The van der Waals surface area contributed by atoms with Gasteiger partial charge in [0, 0.05) is 18.1 Å². The zero-order chi connectivity index (χ0) is 13.3. The largest absolute Gasteiger partial charge is 0.299 e. The first-order chi connectivity index (χ1) is 8.49. The van der Waals surface area contributed by atoms with Crippen LogP contribution in [0.1, 0.15) is 24.9 Å². The van der Waals surface area contributed by atoms with E-state index in [1.54, 1.807) is 6.07 Å².